The van der Waals surface area contributed by atoms with E-state index in [0.717, 1.165) is 22.9 Å². The number of benzene rings is 1. The zero-order valence-electron chi connectivity index (χ0n) is 11.2. The van der Waals surface area contributed by atoms with Crippen molar-refractivity contribution < 1.29 is 9.84 Å². The van der Waals surface area contributed by atoms with E-state index < -0.39 is 5.60 Å². The van der Waals surface area contributed by atoms with E-state index in [2.05, 4.69) is 11.9 Å². The smallest absolute Gasteiger partial charge is 0.0964 e. The van der Waals surface area contributed by atoms with E-state index in [1.807, 2.05) is 30.3 Å². The van der Waals surface area contributed by atoms with Crippen LogP contribution in [0.25, 0.3) is 10.9 Å². The number of hydrogen-bond acceptors (Lipinski definition) is 3. The molecule has 0 saturated carbocycles. The van der Waals surface area contributed by atoms with Crippen molar-refractivity contribution in [3.63, 3.8) is 0 Å². The Morgan fingerprint density at radius 2 is 2.21 bits per heavy atom. The standard InChI is InChI=1S/C16H19NO2/c1-2-13-11-16(18,8-10-19-13)14-7-3-5-12-6-4-9-17-15(12)14/h3-7,9,13,18H,2,8,10-11H2,1H3. The Hall–Kier alpha value is -1.45. The predicted molar refractivity (Wildman–Crippen MR) is 74.9 cm³/mol. The van der Waals surface area contributed by atoms with Crippen molar-refractivity contribution in [2.24, 2.45) is 0 Å². The van der Waals surface area contributed by atoms with Crippen LogP contribution in [0.4, 0.5) is 0 Å². The van der Waals surface area contributed by atoms with Crippen LogP contribution in [0.2, 0.25) is 0 Å². The first-order chi connectivity index (χ1) is 9.23. The first kappa shape index (κ1) is 12.6. The lowest BCUT2D eigenvalue weighted by atomic mass is 9.82. The Balaban J connectivity index is 2.07. The summed E-state index contributed by atoms with van der Waals surface area (Å²) in [4.78, 5) is 4.45. The summed E-state index contributed by atoms with van der Waals surface area (Å²) < 4.78 is 5.68. The number of hydrogen-bond donors (Lipinski definition) is 1. The monoisotopic (exact) mass is 257 g/mol. The molecule has 3 heteroatoms. The summed E-state index contributed by atoms with van der Waals surface area (Å²) >= 11 is 0. The normalized spacial score (nSPS) is 27.6. The van der Waals surface area contributed by atoms with Gasteiger partial charge < -0.3 is 9.84 Å². The van der Waals surface area contributed by atoms with Gasteiger partial charge in [0.1, 0.15) is 0 Å². The van der Waals surface area contributed by atoms with Gasteiger partial charge in [0.2, 0.25) is 0 Å². The molecule has 1 aromatic carbocycles. The fourth-order valence-electron chi connectivity index (χ4n) is 2.92. The minimum atomic E-state index is -0.813. The van der Waals surface area contributed by atoms with Gasteiger partial charge in [-0.15, -0.1) is 0 Å². The Labute approximate surface area is 113 Å². The van der Waals surface area contributed by atoms with Crippen molar-refractivity contribution in [1.29, 1.82) is 0 Å². The van der Waals surface area contributed by atoms with Crippen LogP contribution in [0.1, 0.15) is 31.7 Å². The number of pyridine rings is 1. The van der Waals surface area contributed by atoms with Crippen LogP contribution >= 0.6 is 0 Å². The van der Waals surface area contributed by atoms with Crippen LogP contribution in [-0.2, 0) is 10.3 Å². The van der Waals surface area contributed by atoms with Crippen molar-refractivity contribution in [3.05, 3.63) is 42.1 Å². The summed E-state index contributed by atoms with van der Waals surface area (Å²) in [5.74, 6) is 0. The minimum absolute atomic E-state index is 0.137. The molecule has 0 aliphatic carbocycles. The molecule has 0 bridgehead atoms. The molecule has 1 aromatic heterocycles. The quantitative estimate of drug-likeness (QED) is 0.899. The number of nitrogens with zero attached hydrogens (tertiary/aromatic N) is 1. The third-order valence-corrected chi connectivity index (χ3v) is 4.02. The van der Waals surface area contributed by atoms with E-state index in [9.17, 15) is 5.11 Å². The molecule has 1 fully saturated rings. The van der Waals surface area contributed by atoms with Gasteiger partial charge in [-0.3, -0.25) is 4.98 Å². The van der Waals surface area contributed by atoms with Gasteiger partial charge in [-0.05, 0) is 12.5 Å². The summed E-state index contributed by atoms with van der Waals surface area (Å²) in [6, 6.07) is 9.98. The molecule has 0 spiro atoms. The molecule has 2 atom stereocenters. The number of fused-ring (bicyclic) bond motifs is 1. The van der Waals surface area contributed by atoms with Gasteiger partial charge in [0, 0.05) is 30.0 Å². The van der Waals surface area contributed by atoms with Crippen LogP contribution in [0.5, 0.6) is 0 Å². The first-order valence-electron chi connectivity index (χ1n) is 6.91. The molecule has 1 saturated heterocycles. The minimum Gasteiger partial charge on any atom is -0.385 e. The summed E-state index contributed by atoms with van der Waals surface area (Å²) in [7, 11) is 0. The van der Waals surface area contributed by atoms with Crippen molar-refractivity contribution in [1.82, 2.24) is 4.98 Å². The third-order valence-electron chi connectivity index (χ3n) is 4.02. The predicted octanol–water partition coefficient (Wildman–Crippen LogP) is 3.01. The lowest BCUT2D eigenvalue weighted by Crippen LogP contribution is -2.38. The van der Waals surface area contributed by atoms with E-state index in [1.165, 1.54) is 0 Å². The first-order valence-corrected chi connectivity index (χ1v) is 6.91. The molecule has 0 radical (unpaired) electrons. The molecule has 3 rings (SSSR count). The van der Waals surface area contributed by atoms with Crippen molar-refractivity contribution in [2.75, 3.05) is 6.61 Å². The van der Waals surface area contributed by atoms with Gasteiger partial charge in [0.05, 0.1) is 23.8 Å². The number of aromatic nitrogens is 1. The SMILES string of the molecule is CCC1CC(O)(c2cccc3cccnc23)CCO1. The molecule has 2 unspecified atom stereocenters. The van der Waals surface area contributed by atoms with Crippen LogP contribution in [0.15, 0.2) is 36.5 Å². The van der Waals surface area contributed by atoms with E-state index >= 15 is 0 Å². The van der Waals surface area contributed by atoms with Gasteiger partial charge in [-0.25, -0.2) is 0 Å². The maximum absolute atomic E-state index is 11.0. The number of para-hydroxylation sites is 1. The van der Waals surface area contributed by atoms with Crippen LogP contribution in [0.3, 0.4) is 0 Å². The molecule has 1 N–H and O–H groups in total. The highest BCUT2D eigenvalue weighted by atomic mass is 16.5. The summed E-state index contributed by atoms with van der Waals surface area (Å²) in [5, 5.41) is 12.1. The molecule has 19 heavy (non-hydrogen) atoms. The zero-order valence-corrected chi connectivity index (χ0v) is 11.2. The van der Waals surface area contributed by atoms with Gasteiger partial charge in [0.15, 0.2) is 0 Å². The van der Waals surface area contributed by atoms with Gasteiger partial charge in [-0.2, -0.15) is 0 Å². The Morgan fingerprint density at radius 1 is 1.37 bits per heavy atom. The lowest BCUT2D eigenvalue weighted by Gasteiger charge is -2.37. The average molecular weight is 257 g/mol. The molecule has 0 amide bonds. The largest absolute Gasteiger partial charge is 0.385 e. The summed E-state index contributed by atoms with van der Waals surface area (Å²) in [5.41, 5.74) is 1.03. The summed E-state index contributed by atoms with van der Waals surface area (Å²) in [6.07, 6.45) is 4.14. The van der Waals surface area contributed by atoms with Crippen molar-refractivity contribution in [2.45, 2.75) is 37.9 Å². The molecule has 2 heterocycles. The Bertz CT molecular complexity index is 578. The molecule has 1 aliphatic rings. The highest BCUT2D eigenvalue weighted by Gasteiger charge is 2.37. The summed E-state index contributed by atoms with van der Waals surface area (Å²) in [6.45, 7) is 2.70. The topological polar surface area (TPSA) is 42.4 Å². The highest BCUT2D eigenvalue weighted by molar-refractivity contribution is 5.82. The maximum atomic E-state index is 11.0. The fraction of sp³-hybridized carbons (Fsp3) is 0.438. The molecular weight excluding hydrogens is 238 g/mol. The van der Waals surface area contributed by atoms with E-state index in [-0.39, 0.29) is 6.10 Å². The molecule has 100 valence electrons. The van der Waals surface area contributed by atoms with E-state index in [1.54, 1.807) is 6.20 Å². The second-order valence-corrected chi connectivity index (χ2v) is 5.27. The van der Waals surface area contributed by atoms with Crippen LogP contribution < -0.4 is 0 Å². The van der Waals surface area contributed by atoms with E-state index in [4.69, 9.17) is 4.74 Å². The van der Waals surface area contributed by atoms with E-state index in [0.29, 0.717) is 19.4 Å². The highest BCUT2D eigenvalue weighted by Crippen LogP contribution is 2.38. The molecule has 1 aliphatic heterocycles. The Morgan fingerprint density at radius 3 is 3.05 bits per heavy atom. The number of ether oxygens (including phenoxy) is 1. The van der Waals surface area contributed by atoms with Crippen molar-refractivity contribution >= 4 is 10.9 Å². The van der Waals surface area contributed by atoms with Gasteiger partial charge in [0.25, 0.3) is 0 Å². The van der Waals surface area contributed by atoms with Gasteiger partial charge in [-0.1, -0.05) is 31.2 Å². The van der Waals surface area contributed by atoms with Crippen LogP contribution in [0, 0.1) is 0 Å². The maximum Gasteiger partial charge on any atom is 0.0964 e. The second kappa shape index (κ2) is 4.91. The van der Waals surface area contributed by atoms with Crippen molar-refractivity contribution in [3.8, 4) is 0 Å². The second-order valence-electron chi connectivity index (χ2n) is 5.27. The van der Waals surface area contributed by atoms with Crippen LogP contribution in [-0.4, -0.2) is 22.8 Å². The molecule has 2 aromatic rings. The number of rotatable bonds is 2. The zero-order chi connectivity index (χ0) is 13.3. The fourth-order valence-corrected chi connectivity index (χ4v) is 2.92. The number of aliphatic hydroxyl groups is 1. The Kier molecular flexibility index (Phi) is 3.25. The van der Waals surface area contributed by atoms with Gasteiger partial charge >= 0.3 is 0 Å². The molecular formula is C16H19NO2. The average Bonchev–Trinajstić information content (AvgIpc) is 2.46. The lowest BCUT2D eigenvalue weighted by molar-refractivity contribution is -0.108. The molecule has 3 nitrogen and oxygen atoms in total. The third kappa shape index (κ3) is 2.24.